The van der Waals surface area contributed by atoms with Crippen molar-refractivity contribution in [3.8, 4) is 28.3 Å². The Bertz CT molecular complexity index is 984. The zero-order valence-corrected chi connectivity index (χ0v) is 15.2. The van der Waals surface area contributed by atoms with Crippen LogP contribution in [0.2, 0.25) is 5.15 Å². The lowest BCUT2D eigenvalue weighted by Gasteiger charge is -2.08. The minimum absolute atomic E-state index is 0.220. The summed E-state index contributed by atoms with van der Waals surface area (Å²) in [6, 6.07) is 19.8. The molecule has 26 heavy (non-hydrogen) atoms. The van der Waals surface area contributed by atoms with Crippen molar-refractivity contribution in [3.05, 3.63) is 71.0 Å². The molecule has 0 N–H and O–H groups in total. The molecule has 4 nitrogen and oxygen atoms in total. The van der Waals surface area contributed by atoms with E-state index in [0.717, 1.165) is 16.7 Å². The fourth-order valence-corrected chi connectivity index (χ4v) is 3.16. The summed E-state index contributed by atoms with van der Waals surface area (Å²) >= 11 is 6.27. The van der Waals surface area contributed by atoms with Gasteiger partial charge in [-0.3, -0.25) is 0 Å². The number of nitrogens with zero attached hydrogens (tertiary/aromatic N) is 2. The first-order chi connectivity index (χ1) is 12.6. The van der Waals surface area contributed by atoms with Crippen molar-refractivity contribution >= 4 is 17.6 Å². The second-order valence-electron chi connectivity index (χ2n) is 5.72. The molecule has 5 heteroatoms. The third kappa shape index (κ3) is 3.10. The van der Waals surface area contributed by atoms with Crippen LogP contribution in [-0.4, -0.2) is 17.1 Å². The van der Waals surface area contributed by atoms with Crippen LogP contribution < -0.4 is 0 Å². The Morgan fingerprint density at radius 2 is 1.65 bits per heavy atom. The van der Waals surface area contributed by atoms with Crippen LogP contribution in [0.25, 0.3) is 22.3 Å². The molecule has 0 aliphatic carbocycles. The number of aromatic nitrogens is 1. The number of ether oxygens (including phenoxy) is 1. The van der Waals surface area contributed by atoms with E-state index < -0.39 is 5.97 Å². The molecule has 0 radical (unpaired) electrons. The molecule has 1 heterocycles. The maximum atomic E-state index is 12.4. The maximum Gasteiger partial charge on any atom is 0.355 e. The van der Waals surface area contributed by atoms with Gasteiger partial charge in [0.25, 0.3) is 0 Å². The summed E-state index contributed by atoms with van der Waals surface area (Å²) in [5, 5.41) is 9.76. The predicted octanol–water partition coefficient (Wildman–Crippen LogP) is 5.06. The van der Waals surface area contributed by atoms with Crippen LogP contribution in [0.4, 0.5) is 0 Å². The van der Waals surface area contributed by atoms with Crippen molar-refractivity contribution in [1.82, 2.24) is 4.57 Å². The van der Waals surface area contributed by atoms with Crippen molar-refractivity contribution in [3.63, 3.8) is 0 Å². The van der Waals surface area contributed by atoms with E-state index in [1.54, 1.807) is 14.0 Å². The van der Waals surface area contributed by atoms with Gasteiger partial charge in [-0.05, 0) is 23.6 Å². The number of benzene rings is 2. The zero-order chi connectivity index (χ0) is 18.7. The number of hydrogen-bond acceptors (Lipinski definition) is 3. The summed E-state index contributed by atoms with van der Waals surface area (Å²) in [5.41, 5.74) is 3.93. The highest BCUT2D eigenvalue weighted by atomic mass is 35.5. The van der Waals surface area contributed by atoms with Gasteiger partial charge in [0, 0.05) is 12.6 Å². The van der Waals surface area contributed by atoms with Crippen molar-refractivity contribution in [2.75, 3.05) is 6.61 Å². The molecule has 3 rings (SSSR count). The number of esters is 1. The van der Waals surface area contributed by atoms with Crippen molar-refractivity contribution < 1.29 is 9.53 Å². The fraction of sp³-hybridized carbons (Fsp3) is 0.143. The smallest absolute Gasteiger partial charge is 0.355 e. The summed E-state index contributed by atoms with van der Waals surface area (Å²) < 4.78 is 6.65. The summed E-state index contributed by atoms with van der Waals surface area (Å²) in [6.45, 7) is 1.98. The van der Waals surface area contributed by atoms with Gasteiger partial charge in [0.2, 0.25) is 0 Å². The minimum atomic E-state index is -0.500. The Morgan fingerprint density at radius 1 is 1.08 bits per heavy atom. The Kier molecular flexibility index (Phi) is 5.11. The van der Waals surface area contributed by atoms with E-state index in [9.17, 15) is 10.1 Å². The molecule has 0 aliphatic heterocycles. The topological polar surface area (TPSA) is 55.0 Å². The Balaban J connectivity index is 2.13. The van der Waals surface area contributed by atoms with Crippen LogP contribution in [0.15, 0.2) is 54.6 Å². The number of carbonyl (C=O) groups is 1. The summed E-state index contributed by atoms with van der Waals surface area (Å²) in [5.74, 6) is -0.500. The molecule has 3 aromatic rings. The number of rotatable bonds is 4. The van der Waals surface area contributed by atoms with E-state index in [-0.39, 0.29) is 23.0 Å². The van der Waals surface area contributed by atoms with Crippen LogP contribution >= 0.6 is 11.6 Å². The molecule has 0 bridgehead atoms. The average Bonchev–Trinajstić information content (AvgIpc) is 2.93. The number of carbonyl (C=O) groups excluding carboxylic acids is 1. The maximum absolute atomic E-state index is 12.4. The van der Waals surface area contributed by atoms with Crippen molar-refractivity contribution in [2.24, 2.45) is 7.05 Å². The van der Waals surface area contributed by atoms with Crippen LogP contribution in [0.1, 0.15) is 23.0 Å². The van der Waals surface area contributed by atoms with Crippen LogP contribution in [0.5, 0.6) is 0 Å². The van der Waals surface area contributed by atoms with Gasteiger partial charge in [-0.2, -0.15) is 5.26 Å². The lowest BCUT2D eigenvalue weighted by molar-refractivity contribution is 0.0516. The summed E-state index contributed by atoms with van der Waals surface area (Å²) in [7, 11) is 1.65. The third-order valence-corrected chi connectivity index (χ3v) is 4.63. The predicted molar refractivity (Wildman–Crippen MR) is 102 cm³/mol. The fourth-order valence-electron chi connectivity index (χ4n) is 2.94. The highest BCUT2D eigenvalue weighted by Gasteiger charge is 2.26. The van der Waals surface area contributed by atoms with Gasteiger partial charge in [0.05, 0.1) is 12.2 Å². The van der Waals surface area contributed by atoms with E-state index in [2.05, 4.69) is 6.07 Å². The normalized spacial score (nSPS) is 10.4. The molecule has 1 aromatic heterocycles. The van der Waals surface area contributed by atoms with Gasteiger partial charge >= 0.3 is 5.97 Å². The van der Waals surface area contributed by atoms with Crippen LogP contribution in [0.3, 0.4) is 0 Å². The van der Waals surface area contributed by atoms with E-state index >= 15 is 0 Å². The highest BCUT2D eigenvalue weighted by molar-refractivity contribution is 6.32. The standard InChI is InChI=1S/C21H17ClN2O2/c1-3-26-21(25)19-18(17(13-23)20(22)24(19)2)16-11-9-15(10-12-16)14-7-5-4-6-8-14/h4-12H,3H2,1-2H3. The Morgan fingerprint density at radius 3 is 2.23 bits per heavy atom. The van der Waals surface area contributed by atoms with Gasteiger partial charge in [-0.1, -0.05) is 66.2 Å². The molecular weight excluding hydrogens is 348 g/mol. The second kappa shape index (κ2) is 7.47. The second-order valence-corrected chi connectivity index (χ2v) is 6.08. The van der Waals surface area contributed by atoms with Crippen LogP contribution in [-0.2, 0) is 11.8 Å². The largest absolute Gasteiger partial charge is 0.461 e. The highest BCUT2D eigenvalue weighted by Crippen LogP contribution is 2.36. The quantitative estimate of drug-likeness (QED) is 0.608. The Hall–Kier alpha value is -3.03. The number of hydrogen-bond donors (Lipinski definition) is 0. The summed E-state index contributed by atoms with van der Waals surface area (Å²) in [6.07, 6.45) is 0. The zero-order valence-electron chi connectivity index (χ0n) is 14.5. The first kappa shape index (κ1) is 17.8. The van der Waals surface area contributed by atoms with E-state index in [0.29, 0.717) is 5.56 Å². The van der Waals surface area contributed by atoms with Crippen molar-refractivity contribution in [1.29, 1.82) is 5.26 Å². The molecule has 0 saturated carbocycles. The van der Waals surface area contributed by atoms with E-state index in [4.69, 9.17) is 16.3 Å². The molecule has 0 aliphatic rings. The molecular formula is C21H17ClN2O2. The molecule has 0 atom stereocenters. The lowest BCUT2D eigenvalue weighted by Crippen LogP contribution is -2.11. The van der Waals surface area contributed by atoms with Crippen LogP contribution in [0, 0.1) is 11.3 Å². The molecule has 0 spiro atoms. The average molecular weight is 365 g/mol. The molecule has 130 valence electrons. The number of halogens is 1. The van der Waals surface area contributed by atoms with E-state index in [1.807, 2.05) is 54.6 Å². The molecule has 0 unspecified atom stereocenters. The Labute approximate surface area is 157 Å². The number of nitriles is 1. The van der Waals surface area contributed by atoms with Gasteiger partial charge in [-0.25, -0.2) is 4.79 Å². The minimum Gasteiger partial charge on any atom is -0.461 e. The van der Waals surface area contributed by atoms with Gasteiger partial charge in [0.1, 0.15) is 16.9 Å². The monoisotopic (exact) mass is 364 g/mol. The first-order valence-corrected chi connectivity index (χ1v) is 8.57. The molecule has 0 saturated heterocycles. The molecule has 0 fully saturated rings. The van der Waals surface area contributed by atoms with Crippen molar-refractivity contribution in [2.45, 2.75) is 6.92 Å². The SMILES string of the molecule is CCOC(=O)c1c(-c2ccc(-c3ccccc3)cc2)c(C#N)c(Cl)n1C. The summed E-state index contributed by atoms with van der Waals surface area (Å²) in [4.78, 5) is 12.4. The van der Waals surface area contributed by atoms with Gasteiger partial charge < -0.3 is 9.30 Å². The van der Waals surface area contributed by atoms with Gasteiger partial charge in [0.15, 0.2) is 0 Å². The van der Waals surface area contributed by atoms with Gasteiger partial charge in [-0.15, -0.1) is 0 Å². The molecule has 2 aromatic carbocycles. The van der Waals surface area contributed by atoms with E-state index in [1.165, 1.54) is 4.57 Å². The first-order valence-electron chi connectivity index (χ1n) is 8.19. The third-order valence-electron chi connectivity index (χ3n) is 4.18. The molecule has 0 amide bonds. The lowest BCUT2D eigenvalue weighted by atomic mass is 9.98.